The van der Waals surface area contributed by atoms with E-state index in [1.807, 2.05) is 6.26 Å². The van der Waals surface area contributed by atoms with Crippen molar-refractivity contribution in [2.45, 2.75) is 25.0 Å². The van der Waals surface area contributed by atoms with Gasteiger partial charge in [-0.05, 0) is 31.7 Å². The molecule has 0 aromatic carbocycles. The third-order valence-electron chi connectivity index (χ3n) is 2.31. The van der Waals surface area contributed by atoms with Crippen LogP contribution < -0.4 is 5.32 Å². The summed E-state index contributed by atoms with van der Waals surface area (Å²) in [6.07, 6.45) is 3.08. The lowest BCUT2D eigenvalue weighted by molar-refractivity contribution is 0.607. The summed E-state index contributed by atoms with van der Waals surface area (Å²) >= 11 is 1.61. The van der Waals surface area contributed by atoms with Crippen LogP contribution in [0.15, 0.2) is 5.16 Å². The molecule has 0 atom stereocenters. The summed E-state index contributed by atoms with van der Waals surface area (Å²) in [6.45, 7) is 4.02. The Hall–Kier alpha value is -0.610. The molecule has 0 radical (unpaired) electrons. The topological polar surface area (TPSA) is 37.8 Å². The SMILES string of the molecule is CSc1nc(C)c2c(n1)CNCC2. The fourth-order valence-corrected chi connectivity index (χ4v) is 2.04. The second-order valence-electron chi connectivity index (χ2n) is 3.15. The summed E-state index contributed by atoms with van der Waals surface area (Å²) in [6, 6.07) is 0. The molecule has 13 heavy (non-hydrogen) atoms. The van der Waals surface area contributed by atoms with Crippen molar-refractivity contribution < 1.29 is 0 Å². The lowest BCUT2D eigenvalue weighted by Crippen LogP contribution is -2.26. The summed E-state index contributed by atoms with van der Waals surface area (Å²) in [5.41, 5.74) is 3.68. The number of fused-ring (bicyclic) bond motifs is 1. The molecule has 2 rings (SSSR count). The van der Waals surface area contributed by atoms with Crippen molar-refractivity contribution in [3.8, 4) is 0 Å². The first-order valence-electron chi connectivity index (χ1n) is 4.42. The highest BCUT2D eigenvalue weighted by molar-refractivity contribution is 7.98. The molecule has 0 bridgehead atoms. The number of thioether (sulfide) groups is 1. The van der Waals surface area contributed by atoms with E-state index in [2.05, 4.69) is 22.2 Å². The lowest BCUT2D eigenvalue weighted by Gasteiger charge is -2.17. The summed E-state index contributed by atoms with van der Waals surface area (Å²) in [4.78, 5) is 8.91. The number of hydrogen-bond acceptors (Lipinski definition) is 4. The van der Waals surface area contributed by atoms with Gasteiger partial charge in [0, 0.05) is 12.2 Å². The first kappa shape index (κ1) is 8.97. The maximum Gasteiger partial charge on any atom is 0.187 e. The van der Waals surface area contributed by atoms with Crippen molar-refractivity contribution in [3.63, 3.8) is 0 Å². The van der Waals surface area contributed by atoms with Crippen molar-refractivity contribution in [2.24, 2.45) is 0 Å². The van der Waals surface area contributed by atoms with E-state index in [0.29, 0.717) is 0 Å². The Morgan fingerprint density at radius 2 is 2.23 bits per heavy atom. The zero-order valence-corrected chi connectivity index (χ0v) is 8.74. The van der Waals surface area contributed by atoms with Gasteiger partial charge in [0.2, 0.25) is 0 Å². The van der Waals surface area contributed by atoms with E-state index >= 15 is 0 Å². The molecule has 0 amide bonds. The van der Waals surface area contributed by atoms with E-state index in [9.17, 15) is 0 Å². The minimum Gasteiger partial charge on any atom is -0.311 e. The Labute approximate surface area is 82.4 Å². The lowest BCUT2D eigenvalue weighted by atomic mass is 10.1. The molecule has 1 aromatic rings. The first-order chi connectivity index (χ1) is 6.31. The van der Waals surface area contributed by atoms with Crippen molar-refractivity contribution in [1.82, 2.24) is 15.3 Å². The smallest absolute Gasteiger partial charge is 0.187 e. The summed E-state index contributed by atoms with van der Waals surface area (Å²) in [7, 11) is 0. The van der Waals surface area contributed by atoms with Crippen LogP contribution in [0, 0.1) is 6.92 Å². The molecule has 0 fully saturated rings. The standard InChI is InChI=1S/C9H13N3S/c1-6-7-3-4-10-5-8(7)12-9(11-6)13-2/h10H,3-5H2,1-2H3. The Kier molecular flexibility index (Phi) is 2.51. The highest BCUT2D eigenvalue weighted by atomic mass is 32.2. The van der Waals surface area contributed by atoms with Gasteiger partial charge in [0.25, 0.3) is 0 Å². The van der Waals surface area contributed by atoms with Crippen LogP contribution in [0.5, 0.6) is 0 Å². The molecule has 0 aliphatic carbocycles. The van der Waals surface area contributed by atoms with Crippen molar-refractivity contribution in [1.29, 1.82) is 0 Å². The van der Waals surface area contributed by atoms with Crippen LogP contribution in [-0.4, -0.2) is 22.8 Å². The minimum atomic E-state index is 0.889. The van der Waals surface area contributed by atoms with Crippen LogP contribution in [0.25, 0.3) is 0 Å². The van der Waals surface area contributed by atoms with Gasteiger partial charge in [-0.3, -0.25) is 0 Å². The predicted molar refractivity (Wildman–Crippen MR) is 54.0 cm³/mol. The number of hydrogen-bond donors (Lipinski definition) is 1. The normalized spacial score (nSPS) is 15.5. The largest absolute Gasteiger partial charge is 0.311 e. The van der Waals surface area contributed by atoms with E-state index in [-0.39, 0.29) is 0 Å². The summed E-state index contributed by atoms with van der Waals surface area (Å²) < 4.78 is 0. The Bertz CT molecular complexity index is 325. The average Bonchev–Trinajstić information content (AvgIpc) is 2.18. The van der Waals surface area contributed by atoms with Crippen molar-refractivity contribution >= 4 is 11.8 Å². The second kappa shape index (κ2) is 3.64. The van der Waals surface area contributed by atoms with Gasteiger partial charge >= 0.3 is 0 Å². The van der Waals surface area contributed by atoms with Gasteiger partial charge in [-0.1, -0.05) is 11.8 Å². The first-order valence-corrected chi connectivity index (χ1v) is 5.65. The quantitative estimate of drug-likeness (QED) is 0.539. The number of nitrogens with zero attached hydrogens (tertiary/aromatic N) is 2. The summed E-state index contributed by atoms with van der Waals surface area (Å²) in [5, 5.41) is 4.21. The molecular weight excluding hydrogens is 182 g/mol. The zero-order valence-electron chi connectivity index (χ0n) is 7.92. The molecule has 1 aliphatic heterocycles. The van der Waals surface area contributed by atoms with Crippen LogP contribution in [0.2, 0.25) is 0 Å². The van der Waals surface area contributed by atoms with Crippen LogP contribution in [0.3, 0.4) is 0 Å². The van der Waals surface area contributed by atoms with Crippen LogP contribution in [-0.2, 0) is 13.0 Å². The van der Waals surface area contributed by atoms with Crippen molar-refractivity contribution in [3.05, 3.63) is 17.0 Å². The molecule has 1 aromatic heterocycles. The van der Waals surface area contributed by atoms with Gasteiger partial charge in [-0.2, -0.15) is 0 Å². The fraction of sp³-hybridized carbons (Fsp3) is 0.556. The molecule has 0 saturated heterocycles. The molecule has 1 aliphatic rings. The van der Waals surface area contributed by atoms with E-state index in [0.717, 1.165) is 30.4 Å². The second-order valence-corrected chi connectivity index (χ2v) is 3.92. The van der Waals surface area contributed by atoms with Crippen LogP contribution in [0.1, 0.15) is 17.0 Å². The van der Waals surface area contributed by atoms with E-state index in [4.69, 9.17) is 0 Å². The van der Waals surface area contributed by atoms with Gasteiger partial charge in [-0.15, -0.1) is 0 Å². The monoisotopic (exact) mass is 195 g/mol. The molecule has 1 N–H and O–H groups in total. The minimum absolute atomic E-state index is 0.889. The maximum atomic E-state index is 4.48. The third kappa shape index (κ3) is 1.69. The van der Waals surface area contributed by atoms with Gasteiger partial charge in [-0.25, -0.2) is 9.97 Å². The Morgan fingerprint density at radius 3 is 3.00 bits per heavy atom. The number of aromatic nitrogens is 2. The van der Waals surface area contributed by atoms with Crippen LogP contribution >= 0.6 is 11.8 Å². The average molecular weight is 195 g/mol. The van der Waals surface area contributed by atoms with Crippen LogP contribution in [0.4, 0.5) is 0 Å². The van der Waals surface area contributed by atoms with Gasteiger partial charge in [0.1, 0.15) is 0 Å². The van der Waals surface area contributed by atoms with E-state index < -0.39 is 0 Å². The summed E-state index contributed by atoms with van der Waals surface area (Å²) in [5.74, 6) is 0. The maximum absolute atomic E-state index is 4.48. The predicted octanol–water partition coefficient (Wildman–Crippen LogP) is 1.15. The molecule has 3 nitrogen and oxygen atoms in total. The molecule has 2 heterocycles. The highest BCUT2D eigenvalue weighted by Gasteiger charge is 2.14. The number of nitrogens with one attached hydrogen (secondary N) is 1. The number of aryl methyl sites for hydroxylation is 1. The highest BCUT2D eigenvalue weighted by Crippen LogP contribution is 2.18. The van der Waals surface area contributed by atoms with E-state index in [1.165, 1.54) is 11.3 Å². The van der Waals surface area contributed by atoms with Gasteiger partial charge in [0.15, 0.2) is 5.16 Å². The van der Waals surface area contributed by atoms with E-state index in [1.54, 1.807) is 11.8 Å². The van der Waals surface area contributed by atoms with Crippen molar-refractivity contribution in [2.75, 3.05) is 12.8 Å². The zero-order chi connectivity index (χ0) is 9.26. The molecule has 0 unspecified atom stereocenters. The molecule has 70 valence electrons. The molecular formula is C9H13N3S. The Morgan fingerprint density at radius 1 is 1.38 bits per heavy atom. The molecule has 0 saturated carbocycles. The molecule has 0 spiro atoms. The Balaban J connectivity index is 2.47. The number of rotatable bonds is 1. The third-order valence-corrected chi connectivity index (χ3v) is 2.85. The molecule has 4 heteroatoms. The fourth-order valence-electron chi connectivity index (χ4n) is 1.61. The van der Waals surface area contributed by atoms with Gasteiger partial charge in [0.05, 0.1) is 5.69 Å². The van der Waals surface area contributed by atoms with Gasteiger partial charge < -0.3 is 5.32 Å².